The molecule has 0 fully saturated rings. The smallest absolute Gasteiger partial charge is 0.321 e. The van der Waals surface area contributed by atoms with Gasteiger partial charge >= 0.3 is 5.97 Å². The Bertz CT molecular complexity index is 838. The quantitative estimate of drug-likeness (QED) is 0.356. The fourth-order valence-corrected chi connectivity index (χ4v) is 3.51. The highest BCUT2D eigenvalue weighted by molar-refractivity contribution is 8.00. The summed E-state index contributed by atoms with van der Waals surface area (Å²) in [5, 5.41) is 2.73. The Morgan fingerprint density at radius 1 is 1.04 bits per heavy atom. The molecule has 0 saturated heterocycles. The van der Waals surface area contributed by atoms with E-state index in [1.807, 2.05) is 55.5 Å². The second-order valence-corrected chi connectivity index (χ2v) is 6.59. The number of thioether (sulfide) groups is 1. The summed E-state index contributed by atoms with van der Waals surface area (Å²) in [5.41, 5.74) is 1.13. The van der Waals surface area contributed by atoms with Crippen LogP contribution in [0.3, 0.4) is 0 Å². The average Bonchev–Trinajstić information content (AvgIpc) is 2.55. The van der Waals surface area contributed by atoms with Gasteiger partial charge in [0.15, 0.2) is 0 Å². The number of hydrogen-bond acceptors (Lipinski definition) is 3. The molecule has 3 aromatic carbocycles. The molecule has 0 atom stereocenters. The van der Waals surface area contributed by atoms with Crippen molar-refractivity contribution in [2.24, 2.45) is 0 Å². The van der Waals surface area contributed by atoms with E-state index in [1.165, 1.54) is 11.8 Å². The van der Waals surface area contributed by atoms with Crippen LogP contribution in [0, 0.1) is 6.92 Å². The van der Waals surface area contributed by atoms with Crippen molar-refractivity contribution >= 4 is 40.1 Å². The second-order valence-electron chi connectivity index (χ2n) is 5.17. The molecule has 0 aliphatic heterocycles. The van der Waals surface area contributed by atoms with Crippen LogP contribution in [0.4, 0.5) is 0 Å². The molecule has 0 aliphatic carbocycles. The Labute approximate surface area is 144 Å². The van der Waals surface area contributed by atoms with Gasteiger partial charge in [0.25, 0.3) is 0 Å². The normalized spacial score (nSPS) is 10.7. The zero-order valence-corrected chi connectivity index (χ0v) is 14.2. The van der Waals surface area contributed by atoms with Crippen LogP contribution in [0.1, 0.15) is 5.56 Å². The zero-order valence-electron chi connectivity index (χ0n) is 12.6. The lowest BCUT2D eigenvalue weighted by Gasteiger charge is -2.08. The second kappa shape index (κ2) is 7.07. The summed E-state index contributed by atoms with van der Waals surface area (Å²) in [5.74, 6) is 0.526. The topological polar surface area (TPSA) is 26.3 Å². The number of rotatable bonds is 4. The van der Waals surface area contributed by atoms with Crippen molar-refractivity contribution in [3.05, 3.63) is 71.2 Å². The Kier molecular flexibility index (Phi) is 4.89. The first kappa shape index (κ1) is 15.9. The summed E-state index contributed by atoms with van der Waals surface area (Å²) < 4.78 is 5.34. The minimum Gasteiger partial charge on any atom is -0.426 e. The van der Waals surface area contributed by atoms with Crippen LogP contribution in [0.2, 0.25) is 5.02 Å². The fourth-order valence-electron chi connectivity index (χ4n) is 2.29. The van der Waals surface area contributed by atoms with Gasteiger partial charge in [0.2, 0.25) is 0 Å². The van der Waals surface area contributed by atoms with Gasteiger partial charge in [-0.15, -0.1) is 11.8 Å². The summed E-state index contributed by atoms with van der Waals surface area (Å²) in [4.78, 5) is 13.0. The van der Waals surface area contributed by atoms with Gasteiger partial charge < -0.3 is 4.74 Å². The first-order valence-corrected chi connectivity index (χ1v) is 8.57. The summed E-state index contributed by atoms with van der Waals surface area (Å²) >= 11 is 7.73. The van der Waals surface area contributed by atoms with E-state index >= 15 is 0 Å². The van der Waals surface area contributed by atoms with E-state index in [9.17, 15) is 4.79 Å². The first-order chi connectivity index (χ1) is 11.1. The minimum atomic E-state index is -0.275. The lowest BCUT2D eigenvalue weighted by molar-refractivity contribution is -0.131. The maximum absolute atomic E-state index is 12.0. The van der Waals surface area contributed by atoms with Crippen LogP contribution < -0.4 is 4.74 Å². The Balaban J connectivity index is 1.71. The minimum absolute atomic E-state index is 0.234. The molecule has 0 bridgehead atoms. The molecule has 116 valence electrons. The molecule has 3 rings (SSSR count). The van der Waals surface area contributed by atoms with E-state index in [1.54, 1.807) is 12.1 Å². The molecule has 0 saturated carbocycles. The van der Waals surface area contributed by atoms with Crippen molar-refractivity contribution in [2.45, 2.75) is 11.8 Å². The third-order valence-corrected chi connectivity index (χ3v) is 4.76. The standard InChI is InChI=1S/C19H15ClO2S/c1-13-8-10-15(11-9-13)22-18(21)12-23-17-7-3-5-14-4-2-6-16(20)19(14)17/h2-11H,12H2,1H3. The van der Waals surface area contributed by atoms with E-state index in [2.05, 4.69) is 0 Å². The predicted octanol–water partition coefficient (Wildman–Crippen LogP) is 5.50. The van der Waals surface area contributed by atoms with E-state index < -0.39 is 0 Å². The van der Waals surface area contributed by atoms with Crippen molar-refractivity contribution in [1.82, 2.24) is 0 Å². The van der Waals surface area contributed by atoms with Crippen LogP contribution in [-0.2, 0) is 4.79 Å². The molecule has 0 aliphatic rings. The summed E-state index contributed by atoms with van der Waals surface area (Å²) in [7, 11) is 0. The van der Waals surface area contributed by atoms with E-state index in [4.69, 9.17) is 16.3 Å². The highest BCUT2D eigenvalue weighted by Crippen LogP contribution is 2.33. The largest absolute Gasteiger partial charge is 0.426 e. The Hall–Kier alpha value is -1.97. The molecule has 0 N–H and O–H groups in total. The molecular weight excluding hydrogens is 328 g/mol. The van der Waals surface area contributed by atoms with Crippen LogP contribution in [0.25, 0.3) is 10.8 Å². The summed E-state index contributed by atoms with van der Waals surface area (Å²) in [6, 6.07) is 19.2. The number of aryl methyl sites for hydroxylation is 1. The van der Waals surface area contributed by atoms with E-state index in [0.29, 0.717) is 10.8 Å². The number of esters is 1. The predicted molar refractivity (Wildman–Crippen MR) is 96.5 cm³/mol. The van der Waals surface area contributed by atoms with Gasteiger partial charge in [-0.3, -0.25) is 4.79 Å². The van der Waals surface area contributed by atoms with Crippen molar-refractivity contribution in [3.8, 4) is 5.75 Å². The highest BCUT2D eigenvalue weighted by Gasteiger charge is 2.10. The molecule has 0 aromatic heterocycles. The van der Waals surface area contributed by atoms with Crippen LogP contribution in [0.5, 0.6) is 5.75 Å². The number of carbonyl (C=O) groups excluding carboxylic acids is 1. The Morgan fingerprint density at radius 2 is 1.74 bits per heavy atom. The molecule has 2 nitrogen and oxygen atoms in total. The molecule has 4 heteroatoms. The van der Waals surface area contributed by atoms with Crippen molar-refractivity contribution in [2.75, 3.05) is 5.75 Å². The number of hydrogen-bond donors (Lipinski definition) is 0. The number of ether oxygens (including phenoxy) is 1. The molecule has 0 amide bonds. The van der Waals surface area contributed by atoms with Gasteiger partial charge in [-0.05, 0) is 36.6 Å². The van der Waals surface area contributed by atoms with Gasteiger partial charge in [-0.1, -0.05) is 53.6 Å². The number of benzene rings is 3. The van der Waals surface area contributed by atoms with Crippen LogP contribution in [0.15, 0.2) is 65.6 Å². The molecule has 0 radical (unpaired) electrons. The van der Waals surface area contributed by atoms with Crippen molar-refractivity contribution in [3.63, 3.8) is 0 Å². The van der Waals surface area contributed by atoms with Gasteiger partial charge in [0.1, 0.15) is 5.75 Å². The maximum Gasteiger partial charge on any atom is 0.321 e. The third-order valence-electron chi connectivity index (χ3n) is 3.41. The average molecular weight is 343 g/mol. The van der Waals surface area contributed by atoms with Crippen LogP contribution in [-0.4, -0.2) is 11.7 Å². The van der Waals surface area contributed by atoms with Gasteiger partial charge in [0, 0.05) is 15.3 Å². The fraction of sp³-hybridized carbons (Fsp3) is 0.105. The number of carbonyl (C=O) groups is 1. The lowest BCUT2D eigenvalue weighted by atomic mass is 10.1. The zero-order chi connectivity index (χ0) is 16.2. The van der Waals surface area contributed by atoms with Gasteiger partial charge in [-0.25, -0.2) is 0 Å². The summed E-state index contributed by atoms with van der Waals surface area (Å²) in [6.07, 6.45) is 0. The van der Waals surface area contributed by atoms with Gasteiger partial charge in [-0.2, -0.15) is 0 Å². The van der Waals surface area contributed by atoms with E-state index in [-0.39, 0.29) is 11.7 Å². The van der Waals surface area contributed by atoms with Gasteiger partial charge in [0.05, 0.1) is 5.75 Å². The van der Waals surface area contributed by atoms with E-state index in [0.717, 1.165) is 21.2 Å². The molecule has 0 heterocycles. The summed E-state index contributed by atoms with van der Waals surface area (Å²) in [6.45, 7) is 1.99. The van der Waals surface area contributed by atoms with Crippen LogP contribution >= 0.6 is 23.4 Å². The number of fused-ring (bicyclic) bond motifs is 1. The van der Waals surface area contributed by atoms with Crippen molar-refractivity contribution in [1.29, 1.82) is 0 Å². The molecule has 0 unspecified atom stereocenters. The van der Waals surface area contributed by atoms with Crippen molar-refractivity contribution < 1.29 is 9.53 Å². The molecular formula is C19H15ClO2S. The maximum atomic E-state index is 12.0. The lowest BCUT2D eigenvalue weighted by Crippen LogP contribution is -2.10. The SMILES string of the molecule is Cc1ccc(OC(=O)CSc2cccc3cccc(Cl)c23)cc1. The monoisotopic (exact) mass is 342 g/mol. The third kappa shape index (κ3) is 3.87. The Morgan fingerprint density at radius 3 is 2.48 bits per heavy atom. The molecule has 0 spiro atoms. The first-order valence-electron chi connectivity index (χ1n) is 7.21. The highest BCUT2D eigenvalue weighted by atomic mass is 35.5. The number of halogens is 1. The molecule has 23 heavy (non-hydrogen) atoms. The molecule has 3 aromatic rings.